The van der Waals surface area contributed by atoms with Crippen molar-refractivity contribution in [2.45, 2.75) is 32.9 Å². The molecule has 0 aliphatic carbocycles. The third-order valence-corrected chi connectivity index (χ3v) is 2.74. The zero-order valence-electron chi connectivity index (χ0n) is 11.7. The number of ether oxygens (including phenoxy) is 1. The minimum absolute atomic E-state index is 0.127. The van der Waals surface area contributed by atoms with Crippen LogP contribution in [0.1, 0.15) is 37.3 Å². The van der Waals surface area contributed by atoms with Crippen molar-refractivity contribution in [3.05, 3.63) is 28.1 Å². The monoisotopic (exact) mass is 283 g/mol. The summed E-state index contributed by atoms with van der Waals surface area (Å²) in [6.07, 6.45) is 1.29. The van der Waals surface area contributed by atoms with Crippen molar-refractivity contribution in [2.75, 3.05) is 7.11 Å². The van der Waals surface area contributed by atoms with Crippen molar-refractivity contribution in [3.8, 4) is 0 Å². The second-order valence-electron chi connectivity index (χ2n) is 4.56. The third-order valence-electron chi connectivity index (χ3n) is 2.74. The Balaban J connectivity index is 3.02. The highest BCUT2D eigenvalue weighted by Crippen LogP contribution is 2.20. The summed E-state index contributed by atoms with van der Waals surface area (Å²) in [4.78, 5) is 33.5. The Hall–Kier alpha value is -2.38. The minimum atomic E-state index is -0.831. The first-order valence-corrected chi connectivity index (χ1v) is 6.02. The van der Waals surface area contributed by atoms with Crippen LogP contribution in [0.3, 0.4) is 0 Å². The summed E-state index contributed by atoms with van der Waals surface area (Å²) in [5.74, 6) is -1.15. The molecule has 8 heteroatoms. The van der Waals surface area contributed by atoms with Gasteiger partial charge in [0.2, 0.25) is 0 Å². The molecule has 0 aliphatic heterocycles. The molecule has 0 radical (unpaired) electrons. The van der Waals surface area contributed by atoms with Crippen molar-refractivity contribution in [1.82, 2.24) is 9.88 Å². The maximum absolute atomic E-state index is 12.1. The van der Waals surface area contributed by atoms with Crippen LogP contribution in [-0.2, 0) is 9.53 Å². The molecule has 8 nitrogen and oxygen atoms in total. The molecule has 1 unspecified atom stereocenters. The Morgan fingerprint density at radius 3 is 2.45 bits per heavy atom. The number of hydrogen-bond donors (Lipinski definition) is 1. The predicted molar refractivity (Wildman–Crippen MR) is 70.4 cm³/mol. The zero-order valence-corrected chi connectivity index (χ0v) is 11.7. The molecular formula is C12H17N3O5. The van der Waals surface area contributed by atoms with Crippen LogP contribution in [0.5, 0.6) is 0 Å². The first-order valence-electron chi connectivity index (χ1n) is 6.02. The molecule has 1 rings (SSSR count). The Kier molecular flexibility index (Phi) is 4.84. The van der Waals surface area contributed by atoms with Crippen molar-refractivity contribution >= 4 is 17.6 Å². The number of carbonyl (C=O) groups is 2. The Labute approximate surface area is 115 Å². The number of nitrogens with one attached hydrogen (secondary N) is 1. The largest absolute Gasteiger partial charge is 0.467 e. The number of nitro groups is 1. The highest BCUT2D eigenvalue weighted by Gasteiger charge is 2.23. The van der Waals surface area contributed by atoms with E-state index in [2.05, 4.69) is 10.1 Å². The van der Waals surface area contributed by atoms with Crippen LogP contribution in [0.25, 0.3) is 0 Å². The number of amides is 1. The fourth-order valence-electron chi connectivity index (χ4n) is 1.68. The van der Waals surface area contributed by atoms with E-state index in [9.17, 15) is 19.7 Å². The molecule has 110 valence electrons. The fraction of sp³-hybridized carbons (Fsp3) is 0.500. The van der Waals surface area contributed by atoms with Gasteiger partial charge in [-0.05, 0) is 20.8 Å². The number of esters is 1. The van der Waals surface area contributed by atoms with Gasteiger partial charge in [0.05, 0.1) is 18.2 Å². The van der Waals surface area contributed by atoms with E-state index in [4.69, 9.17) is 0 Å². The topological polar surface area (TPSA) is 103 Å². The number of aromatic nitrogens is 1. The summed E-state index contributed by atoms with van der Waals surface area (Å²) >= 11 is 0. The van der Waals surface area contributed by atoms with Crippen molar-refractivity contribution in [1.29, 1.82) is 0 Å². The lowest BCUT2D eigenvalue weighted by Gasteiger charge is -2.14. The quantitative estimate of drug-likeness (QED) is 0.498. The number of rotatable bonds is 5. The van der Waals surface area contributed by atoms with Gasteiger partial charge in [-0.2, -0.15) is 0 Å². The van der Waals surface area contributed by atoms with Gasteiger partial charge in [0, 0.05) is 12.1 Å². The van der Waals surface area contributed by atoms with Gasteiger partial charge < -0.3 is 14.6 Å². The van der Waals surface area contributed by atoms with Crippen LogP contribution in [0.2, 0.25) is 0 Å². The molecular weight excluding hydrogens is 266 g/mol. The average molecular weight is 283 g/mol. The molecule has 20 heavy (non-hydrogen) atoms. The first kappa shape index (κ1) is 15.7. The molecule has 1 heterocycles. The fourth-order valence-corrected chi connectivity index (χ4v) is 1.68. The highest BCUT2D eigenvalue weighted by atomic mass is 16.6. The van der Waals surface area contributed by atoms with Crippen LogP contribution in [0.15, 0.2) is 12.3 Å². The molecule has 1 aromatic heterocycles. The molecule has 1 amide bonds. The molecule has 0 saturated carbocycles. The van der Waals surface area contributed by atoms with E-state index in [1.165, 1.54) is 30.9 Å². The van der Waals surface area contributed by atoms with Crippen LogP contribution < -0.4 is 5.32 Å². The summed E-state index contributed by atoms with van der Waals surface area (Å²) in [5.41, 5.74) is -0.0444. The molecule has 0 fully saturated rings. The lowest BCUT2D eigenvalue weighted by atomic mass is 10.3. The van der Waals surface area contributed by atoms with Gasteiger partial charge in [-0.15, -0.1) is 0 Å². The molecule has 1 N–H and O–H groups in total. The lowest BCUT2D eigenvalue weighted by Crippen LogP contribution is -2.40. The van der Waals surface area contributed by atoms with Crippen LogP contribution in [0, 0.1) is 10.1 Å². The van der Waals surface area contributed by atoms with E-state index in [-0.39, 0.29) is 17.4 Å². The van der Waals surface area contributed by atoms with Gasteiger partial charge in [0.15, 0.2) is 0 Å². The third kappa shape index (κ3) is 3.34. The Morgan fingerprint density at radius 2 is 2.00 bits per heavy atom. The smallest absolute Gasteiger partial charge is 0.328 e. The summed E-state index contributed by atoms with van der Waals surface area (Å²) in [6.45, 7) is 5.06. The Bertz CT molecular complexity index is 535. The van der Waals surface area contributed by atoms with Gasteiger partial charge in [-0.1, -0.05) is 0 Å². The number of hydrogen-bond acceptors (Lipinski definition) is 5. The normalized spacial score (nSPS) is 12.1. The molecule has 0 aromatic carbocycles. The molecule has 1 aromatic rings. The highest BCUT2D eigenvalue weighted by molar-refractivity contribution is 5.96. The lowest BCUT2D eigenvalue weighted by molar-refractivity contribution is -0.384. The second-order valence-corrected chi connectivity index (χ2v) is 4.56. The Morgan fingerprint density at radius 1 is 1.40 bits per heavy atom. The van der Waals surface area contributed by atoms with Crippen LogP contribution >= 0.6 is 0 Å². The summed E-state index contributed by atoms with van der Waals surface area (Å²) in [6, 6.07) is 0.222. The van der Waals surface area contributed by atoms with E-state index in [1.807, 2.05) is 0 Å². The standard InChI is InChI=1S/C12H17N3O5/c1-7(2)14-6-9(15(18)19)5-10(14)11(16)13-8(3)12(17)20-4/h5-8H,1-4H3,(H,13,16). The minimum Gasteiger partial charge on any atom is -0.467 e. The van der Waals surface area contributed by atoms with E-state index in [0.717, 1.165) is 0 Å². The van der Waals surface area contributed by atoms with Crippen molar-refractivity contribution in [3.63, 3.8) is 0 Å². The summed E-state index contributed by atoms with van der Waals surface area (Å²) < 4.78 is 5.98. The van der Waals surface area contributed by atoms with E-state index in [1.54, 1.807) is 13.8 Å². The zero-order chi connectivity index (χ0) is 15.4. The van der Waals surface area contributed by atoms with Gasteiger partial charge in [0.25, 0.3) is 11.6 Å². The van der Waals surface area contributed by atoms with Crippen molar-refractivity contribution < 1.29 is 19.2 Å². The van der Waals surface area contributed by atoms with Gasteiger partial charge in [-0.25, -0.2) is 4.79 Å². The maximum atomic E-state index is 12.1. The maximum Gasteiger partial charge on any atom is 0.328 e. The second kappa shape index (κ2) is 6.18. The summed E-state index contributed by atoms with van der Waals surface area (Å²) in [5, 5.41) is 13.2. The van der Waals surface area contributed by atoms with Crippen molar-refractivity contribution in [2.24, 2.45) is 0 Å². The SMILES string of the molecule is COC(=O)C(C)NC(=O)c1cc([N+](=O)[O-])cn1C(C)C. The number of carbonyl (C=O) groups excluding carboxylic acids is 2. The van der Waals surface area contributed by atoms with Gasteiger partial charge >= 0.3 is 5.97 Å². The van der Waals surface area contributed by atoms with E-state index >= 15 is 0 Å². The van der Waals surface area contributed by atoms with Gasteiger partial charge in [-0.3, -0.25) is 14.9 Å². The van der Waals surface area contributed by atoms with E-state index in [0.29, 0.717) is 0 Å². The van der Waals surface area contributed by atoms with E-state index < -0.39 is 22.8 Å². The van der Waals surface area contributed by atoms with Crippen LogP contribution in [-0.4, -0.2) is 34.5 Å². The average Bonchev–Trinajstić information content (AvgIpc) is 2.82. The number of methoxy groups -OCH3 is 1. The molecule has 0 spiro atoms. The number of nitrogens with zero attached hydrogens (tertiary/aromatic N) is 2. The molecule has 1 atom stereocenters. The first-order chi connectivity index (χ1) is 9.27. The van der Waals surface area contributed by atoms with Crippen LogP contribution in [0.4, 0.5) is 5.69 Å². The molecule has 0 aliphatic rings. The summed E-state index contributed by atoms with van der Waals surface area (Å²) in [7, 11) is 1.21. The van der Waals surface area contributed by atoms with Gasteiger partial charge in [0.1, 0.15) is 11.7 Å². The molecule has 0 bridgehead atoms. The predicted octanol–water partition coefficient (Wildman–Crippen LogP) is 1.27. The molecule has 0 saturated heterocycles.